The molecule has 2 aromatic rings. The van der Waals surface area contributed by atoms with E-state index in [4.69, 9.17) is 16.0 Å². The van der Waals surface area contributed by atoms with Gasteiger partial charge in [0.05, 0.1) is 17.3 Å². The lowest BCUT2D eigenvalue weighted by Gasteiger charge is -2.50. The summed E-state index contributed by atoms with van der Waals surface area (Å²) in [5.41, 5.74) is -0.750. The predicted molar refractivity (Wildman–Crippen MR) is 105 cm³/mol. The van der Waals surface area contributed by atoms with E-state index in [1.165, 1.54) is 14.1 Å². The Bertz CT molecular complexity index is 1150. The second-order valence-corrected chi connectivity index (χ2v) is 8.30. The second-order valence-electron chi connectivity index (χ2n) is 7.87. The summed E-state index contributed by atoms with van der Waals surface area (Å²) < 4.78 is 5.49. The number of rotatable bonds is 0. The molecule has 0 aliphatic carbocycles. The summed E-state index contributed by atoms with van der Waals surface area (Å²) in [6.45, 7) is 0.590. The molecule has 150 valence electrons. The second kappa shape index (κ2) is 5.82. The maximum absolute atomic E-state index is 13.3. The molecule has 9 heteroatoms. The summed E-state index contributed by atoms with van der Waals surface area (Å²) in [7, 11) is 2.74. The third-order valence-corrected chi connectivity index (χ3v) is 6.68. The quantitative estimate of drug-likeness (QED) is 0.483. The average Bonchev–Trinajstić information content (AvgIpc) is 3.20. The van der Waals surface area contributed by atoms with Crippen LogP contribution in [-0.4, -0.2) is 54.3 Å². The van der Waals surface area contributed by atoms with E-state index >= 15 is 0 Å². The fourth-order valence-electron chi connectivity index (χ4n) is 5.15. The molecule has 4 heterocycles. The molecule has 3 aliphatic heterocycles. The Morgan fingerprint density at radius 2 is 1.79 bits per heavy atom. The molecule has 4 amide bonds. The van der Waals surface area contributed by atoms with E-state index in [2.05, 4.69) is 0 Å². The van der Waals surface area contributed by atoms with Crippen molar-refractivity contribution in [2.45, 2.75) is 25.3 Å². The topological polar surface area (TPSA) is 91.1 Å². The van der Waals surface area contributed by atoms with Crippen LogP contribution in [0.3, 0.4) is 0 Å². The summed E-state index contributed by atoms with van der Waals surface area (Å²) in [6.07, 6.45) is 1.26. The van der Waals surface area contributed by atoms with E-state index in [1.54, 1.807) is 18.2 Å². The van der Waals surface area contributed by atoms with Gasteiger partial charge in [-0.1, -0.05) is 11.6 Å². The highest BCUT2D eigenvalue weighted by atomic mass is 35.5. The Labute approximate surface area is 170 Å². The minimum Gasteiger partial charge on any atom is -0.422 e. The molecule has 8 nitrogen and oxygen atoms in total. The minimum atomic E-state index is -1.53. The van der Waals surface area contributed by atoms with Gasteiger partial charge in [0.1, 0.15) is 5.58 Å². The van der Waals surface area contributed by atoms with Crippen molar-refractivity contribution in [2.24, 2.45) is 5.41 Å². The Morgan fingerprint density at radius 3 is 2.48 bits per heavy atom. The Balaban J connectivity index is 1.81. The smallest absolute Gasteiger partial charge is 0.341 e. The molecule has 0 saturated carbocycles. The molecular formula is C20H18ClN3O5. The number of barbiturate groups is 1. The van der Waals surface area contributed by atoms with Crippen molar-refractivity contribution in [3.05, 3.63) is 39.2 Å². The highest BCUT2D eigenvalue weighted by molar-refractivity contribution is 6.31. The highest BCUT2D eigenvalue weighted by Crippen LogP contribution is 2.50. The summed E-state index contributed by atoms with van der Waals surface area (Å²) >= 11 is 6.19. The van der Waals surface area contributed by atoms with Crippen LogP contribution in [0, 0.1) is 5.41 Å². The molecular weight excluding hydrogens is 398 g/mol. The lowest BCUT2D eigenvalue weighted by molar-refractivity contribution is -0.159. The van der Waals surface area contributed by atoms with Gasteiger partial charge in [0, 0.05) is 37.5 Å². The standard InChI is InChI=1S/C20H18ClN3O5/c1-22-17(26)20(18(27)23(2)19(22)28)9-12-15(24-7-3-4-14(20)24)11-8-10(21)5-6-13(11)29-16(12)25/h5-6,8,14H,3-4,7,9H2,1-2H3. The molecule has 2 saturated heterocycles. The number of fused-ring (bicyclic) bond motifs is 6. The van der Waals surface area contributed by atoms with Crippen LogP contribution in [0.15, 0.2) is 27.4 Å². The van der Waals surface area contributed by atoms with Crippen molar-refractivity contribution in [1.29, 1.82) is 0 Å². The van der Waals surface area contributed by atoms with Crippen molar-refractivity contribution >= 4 is 46.1 Å². The number of urea groups is 1. The first-order valence-corrected chi connectivity index (χ1v) is 9.77. The molecule has 0 N–H and O–H groups in total. The van der Waals surface area contributed by atoms with Crippen LogP contribution in [-0.2, 0) is 16.0 Å². The highest BCUT2D eigenvalue weighted by Gasteiger charge is 2.64. The van der Waals surface area contributed by atoms with E-state index in [1.807, 2.05) is 4.90 Å². The molecule has 1 unspecified atom stereocenters. The Hall–Kier alpha value is -2.87. The molecule has 1 atom stereocenters. The number of carbonyl (C=O) groups is 3. The maximum Gasteiger partial charge on any atom is 0.341 e. The number of nitrogens with zero attached hydrogens (tertiary/aromatic N) is 3. The van der Waals surface area contributed by atoms with Crippen molar-refractivity contribution in [2.75, 3.05) is 25.5 Å². The molecule has 0 radical (unpaired) electrons. The normalized spacial score (nSPS) is 23.2. The van der Waals surface area contributed by atoms with Gasteiger partial charge in [-0.25, -0.2) is 9.59 Å². The van der Waals surface area contributed by atoms with Gasteiger partial charge in [-0.05, 0) is 31.0 Å². The monoisotopic (exact) mass is 415 g/mol. The van der Waals surface area contributed by atoms with Crippen molar-refractivity contribution < 1.29 is 18.8 Å². The molecule has 1 aromatic heterocycles. The van der Waals surface area contributed by atoms with E-state index in [9.17, 15) is 19.2 Å². The number of benzene rings is 1. The molecule has 29 heavy (non-hydrogen) atoms. The van der Waals surface area contributed by atoms with Gasteiger partial charge in [-0.3, -0.25) is 19.4 Å². The fraction of sp³-hybridized carbons (Fsp3) is 0.400. The van der Waals surface area contributed by atoms with Gasteiger partial charge < -0.3 is 9.32 Å². The van der Waals surface area contributed by atoms with E-state index in [0.29, 0.717) is 34.6 Å². The van der Waals surface area contributed by atoms with Crippen LogP contribution < -0.4 is 10.5 Å². The lowest BCUT2D eigenvalue weighted by Crippen LogP contribution is -2.70. The number of hydrogen-bond acceptors (Lipinski definition) is 6. The van der Waals surface area contributed by atoms with E-state index in [0.717, 1.165) is 16.2 Å². The molecule has 1 aromatic carbocycles. The van der Waals surface area contributed by atoms with Crippen molar-refractivity contribution in [3.63, 3.8) is 0 Å². The van der Waals surface area contributed by atoms with E-state index in [-0.39, 0.29) is 12.0 Å². The molecule has 5 rings (SSSR count). The van der Waals surface area contributed by atoms with Gasteiger partial charge >= 0.3 is 11.7 Å². The number of imide groups is 2. The number of amides is 4. The van der Waals surface area contributed by atoms with Crippen molar-refractivity contribution in [1.82, 2.24) is 9.80 Å². The average molecular weight is 416 g/mol. The zero-order chi connectivity index (χ0) is 20.7. The maximum atomic E-state index is 13.3. The van der Waals surface area contributed by atoms with Gasteiger partial charge in [-0.15, -0.1) is 0 Å². The minimum absolute atomic E-state index is 0.103. The Kier molecular flexibility index (Phi) is 3.65. The van der Waals surface area contributed by atoms with Gasteiger partial charge in [0.25, 0.3) is 0 Å². The van der Waals surface area contributed by atoms with Crippen LogP contribution in [0.25, 0.3) is 11.0 Å². The summed E-state index contributed by atoms with van der Waals surface area (Å²) in [6, 6.07) is 3.91. The SMILES string of the molecule is CN1C(=O)N(C)C(=O)C2(Cc3c(c4cc(Cl)ccc4oc3=O)N3CCCC32)C1=O. The Morgan fingerprint density at radius 1 is 1.10 bits per heavy atom. The van der Waals surface area contributed by atoms with Gasteiger partial charge in [0.2, 0.25) is 11.8 Å². The zero-order valence-corrected chi connectivity index (χ0v) is 16.7. The van der Waals surface area contributed by atoms with Crippen LogP contribution in [0.5, 0.6) is 0 Å². The lowest BCUT2D eigenvalue weighted by atomic mass is 9.68. The summed E-state index contributed by atoms with van der Waals surface area (Å²) in [5, 5.41) is 1.18. The van der Waals surface area contributed by atoms with Crippen molar-refractivity contribution in [3.8, 4) is 0 Å². The first kappa shape index (κ1) is 18.2. The molecule has 1 spiro atoms. The van der Waals surface area contributed by atoms with Gasteiger partial charge in [0.15, 0.2) is 5.41 Å². The first-order valence-electron chi connectivity index (χ1n) is 9.39. The molecule has 2 fully saturated rings. The third kappa shape index (κ3) is 2.15. The number of anilines is 1. The summed E-state index contributed by atoms with van der Waals surface area (Å²) in [5.74, 6) is -1.14. The number of hydrogen-bond donors (Lipinski definition) is 0. The molecule has 3 aliphatic rings. The van der Waals surface area contributed by atoms with Crippen LogP contribution >= 0.6 is 11.6 Å². The summed E-state index contributed by atoms with van der Waals surface area (Å²) in [4.78, 5) is 55.7. The largest absolute Gasteiger partial charge is 0.422 e. The first-order chi connectivity index (χ1) is 13.8. The molecule has 0 bridgehead atoms. The van der Waals surface area contributed by atoms with Gasteiger partial charge in [-0.2, -0.15) is 0 Å². The third-order valence-electron chi connectivity index (χ3n) is 6.44. The zero-order valence-electron chi connectivity index (χ0n) is 15.9. The van der Waals surface area contributed by atoms with Crippen LogP contribution in [0.2, 0.25) is 5.02 Å². The van der Waals surface area contributed by atoms with E-state index < -0.39 is 34.9 Å². The predicted octanol–water partition coefficient (Wildman–Crippen LogP) is 2.01. The van der Waals surface area contributed by atoms with Crippen LogP contribution in [0.1, 0.15) is 18.4 Å². The number of halogens is 1. The van der Waals surface area contributed by atoms with Crippen LogP contribution in [0.4, 0.5) is 10.5 Å². The fourth-order valence-corrected chi connectivity index (χ4v) is 5.32. The number of carbonyl (C=O) groups excluding carboxylic acids is 3.